The lowest BCUT2D eigenvalue weighted by atomic mass is 10.1. The Balaban J connectivity index is 1.34. The van der Waals surface area contributed by atoms with Crippen molar-refractivity contribution in [2.45, 2.75) is 31.7 Å². The summed E-state index contributed by atoms with van der Waals surface area (Å²) >= 11 is 0. The van der Waals surface area contributed by atoms with Crippen molar-refractivity contribution in [3.63, 3.8) is 0 Å². The Hall–Kier alpha value is -4.29. The number of pyridine rings is 1. The van der Waals surface area contributed by atoms with Crippen molar-refractivity contribution in [2.75, 3.05) is 11.4 Å². The molecule has 0 radical (unpaired) electrons. The molecule has 0 fully saturated rings. The molecule has 6 rings (SSSR count). The molecule has 1 N–H and O–H groups in total. The van der Waals surface area contributed by atoms with Gasteiger partial charge in [0.05, 0.1) is 18.3 Å². The lowest BCUT2D eigenvalue weighted by molar-refractivity contribution is 0.107. The van der Waals surface area contributed by atoms with Crippen molar-refractivity contribution in [3.8, 4) is 5.75 Å². The number of fused-ring (bicyclic) bond motifs is 2. The molecule has 2 aromatic heterocycles. The summed E-state index contributed by atoms with van der Waals surface area (Å²) < 4.78 is 13.4. The Bertz CT molecular complexity index is 1530. The maximum absolute atomic E-state index is 13.2. The normalized spacial score (nSPS) is 14.0. The van der Waals surface area contributed by atoms with Crippen molar-refractivity contribution in [3.05, 3.63) is 130 Å². The summed E-state index contributed by atoms with van der Waals surface area (Å²) in [7, 11) is 0. The van der Waals surface area contributed by atoms with Crippen LogP contribution in [0.3, 0.4) is 0 Å². The number of hydrogen-bond acceptors (Lipinski definition) is 5. The van der Waals surface area contributed by atoms with Gasteiger partial charge in [-0.05, 0) is 47.7 Å². The van der Waals surface area contributed by atoms with Crippen LogP contribution < -0.4 is 15.2 Å². The number of aliphatic hydroxyl groups excluding tert-OH is 1. The molecular formula is C31H28N2O4. The molecule has 0 amide bonds. The number of aliphatic hydroxyl groups is 1. The predicted octanol–water partition coefficient (Wildman–Crippen LogP) is 5.34. The van der Waals surface area contributed by atoms with E-state index in [1.165, 1.54) is 21.8 Å². The fourth-order valence-electron chi connectivity index (χ4n) is 5.30. The van der Waals surface area contributed by atoms with E-state index in [0.29, 0.717) is 23.8 Å². The number of rotatable bonds is 8. The summed E-state index contributed by atoms with van der Waals surface area (Å²) in [4.78, 5) is 15.2. The third kappa shape index (κ3) is 4.63. The van der Waals surface area contributed by atoms with Gasteiger partial charge in [0.15, 0.2) is 12.1 Å². The highest BCUT2D eigenvalue weighted by molar-refractivity contribution is 5.85. The summed E-state index contributed by atoms with van der Waals surface area (Å²) in [6.07, 6.45) is 2.21. The van der Waals surface area contributed by atoms with E-state index in [0.717, 1.165) is 23.8 Å². The van der Waals surface area contributed by atoms with Gasteiger partial charge in [-0.1, -0.05) is 66.7 Å². The standard InChI is InChI=1S/C31H28N2O4/c34-28-16-15-23-12-6-13-27(37-21-22-8-2-1-3-9-22)31(23)33(28)29(35)20-32(30-14-7-17-36-30)26-18-24-10-4-5-11-25(24)19-26/h1-17,26,29,35H,18-21H2/t29-/m1/s1. The number of para-hydroxylation sites is 1. The van der Waals surface area contributed by atoms with E-state index in [2.05, 4.69) is 29.2 Å². The van der Waals surface area contributed by atoms with E-state index in [-0.39, 0.29) is 18.1 Å². The van der Waals surface area contributed by atoms with Gasteiger partial charge < -0.3 is 19.2 Å². The van der Waals surface area contributed by atoms with Crippen molar-refractivity contribution < 1.29 is 14.3 Å². The minimum atomic E-state index is -1.12. The number of hydrogen-bond donors (Lipinski definition) is 1. The molecule has 1 aliphatic carbocycles. The molecule has 0 bridgehead atoms. The van der Waals surface area contributed by atoms with Crippen LogP contribution >= 0.6 is 0 Å². The molecule has 1 atom stereocenters. The second-order valence-corrected chi connectivity index (χ2v) is 9.42. The van der Waals surface area contributed by atoms with Gasteiger partial charge in [-0.15, -0.1) is 0 Å². The quantitative estimate of drug-likeness (QED) is 0.317. The average molecular weight is 493 g/mol. The molecule has 0 unspecified atom stereocenters. The molecule has 6 heteroatoms. The molecule has 0 saturated carbocycles. The van der Waals surface area contributed by atoms with E-state index in [1.54, 1.807) is 12.3 Å². The molecule has 186 valence electrons. The van der Waals surface area contributed by atoms with Crippen LogP contribution in [0.5, 0.6) is 5.75 Å². The first-order valence-electron chi connectivity index (χ1n) is 12.5. The minimum Gasteiger partial charge on any atom is -0.487 e. The van der Waals surface area contributed by atoms with Crippen LogP contribution in [0.25, 0.3) is 10.9 Å². The van der Waals surface area contributed by atoms with Gasteiger partial charge in [-0.2, -0.15) is 0 Å². The number of furan rings is 1. The zero-order valence-electron chi connectivity index (χ0n) is 20.4. The van der Waals surface area contributed by atoms with Gasteiger partial charge in [-0.25, -0.2) is 0 Å². The predicted molar refractivity (Wildman–Crippen MR) is 144 cm³/mol. The number of ether oxygens (including phenoxy) is 1. The molecule has 0 aliphatic heterocycles. The van der Waals surface area contributed by atoms with E-state index < -0.39 is 6.23 Å². The Morgan fingerprint density at radius 1 is 0.892 bits per heavy atom. The van der Waals surface area contributed by atoms with E-state index in [9.17, 15) is 9.90 Å². The van der Waals surface area contributed by atoms with E-state index in [1.807, 2.05) is 60.7 Å². The van der Waals surface area contributed by atoms with Gasteiger partial charge in [0.1, 0.15) is 12.4 Å². The zero-order chi connectivity index (χ0) is 25.2. The Morgan fingerprint density at radius 3 is 2.38 bits per heavy atom. The van der Waals surface area contributed by atoms with Crippen molar-refractivity contribution in [1.82, 2.24) is 4.57 Å². The summed E-state index contributed by atoms with van der Waals surface area (Å²) in [5.41, 5.74) is 3.92. The van der Waals surface area contributed by atoms with E-state index >= 15 is 0 Å². The highest BCUT2D eigenvalue weighted by atomic mass is 16.5. The van der Waals surface area contributed by atoms with Gasteiger partial charge in [0.25, 0.3) is 5.56 Å². The first-order chi connectivity index (χ1) is 18.2. The molecule has 6 nitrogen and oxygen atoms in total. The summed E-state index contributed by atoms with van der Waals surface area (Å²) in [5, 5.41) is 12.4. The van der Waals surface area contributed by atoms with Crippen LogP contribution in [0.2, 0.25) is 0 Å². The molecule has 5 aromatic rings. The summed E-state index contributed by atoms with van der Waals surface area (Å²) in [6, 6.07) is 31.1. The zero-order valence-corrected chi connectivity index (χ0v) is 20.4. The van der Waals surface area contributed by atoms with Crippen LogP contribution in [0.1, 0.15) is 22.9 Å². The average Bonchev–Trinajstić information content (AvgIpc) is 3.61. The Kier molecular flexibility index (Phi) is 6.25. The summed E-state index contributed by atoms with van der Waals surface area (Å²) in [6.45, 7) is 0.552. The number of anilines is 1. The lowest BCUT2D eigenvalue weighted by Crippen LogP contribution is -2.42. The number of nitrogens with zero attached hydrogens (tertiary/aromatic N) is 2. The monoisotopic (exact) mass is 492 g/mol. The van der Waals surface area contributed by atoms with Crippen LogP contribution in [0.4, 0.5) is 5.88 Å². The molecule has 0 spiro atoms. The van der Waals surface area contributed by atoms with Crippen LogP contribution in [-0.2, 0) is 19.4 Å². The molecule has 1 aliphatic rings. The Morgan fingerprint density at radius 2 is 1.65 bits per heavy atom. The maximum atomic E-state index is 13.2. The summed E-state index contributed by atoms with van der Waals surface area (Å²) in [5.74, 6) is 1.22. The highest BCUT2D eigenvalue weighted by Crippen LogP contribution is 2.32. The molecule has 3 aromatic carbocycles. The maximum Gasteiger partial charge on any atom is 0.253 e. The van der Waals surface area contributed by atoms with Gasteiger partial charge in [-0.3, -0.25) is 9.36 Å². The fraction of sp³-hybridized carbons (Fsp3) is 0.194. The lowest BCUT2D eigenvalue weighted by Gasteiger charge is -2.31. The van der Waals surface area contributed by atoms with Gasteiger partial charge in [0.2, 0.25) is 0 Å². The first kappa shape index (κ1) is 23.1. The van der Waals surface area contributed by atoms with Crippen molar-refractivity contribution in [1.29, 1.82) is 0 Å². The minimum absolute atomic E-state index is 0.109. The molecular weight excluding hydrogens is 464 g/mol. The third-order valence-electron chi connectivity index (χ3n) is 7.07. The number of benzene rings is 3. The SMILES string of the molecule is O=c1ccc2cccc(OCc3ccccc3)c2n1[C@H](O)CN(c1ccco1)C1Cc2ccccc2C1. The van der Waals surface area contributed by atoms with Gasteiger partial charge >= 0.3 is 0 Å². The molecule has 37 heavy (non-hydrogen) atoms. The second kappa shape index (κ2) is 9.99. The Labute approximate surface area is 215 Å². The first-order valence-corrected chi connectivity index (χ1v) is 12.5. The van der Waals surface area contributed by atoms with Crippen molar-refractivity contribution >= 4 is 16.8 Å². The smallest absolute Gasteiger partial charge is 0.253 e. The van der Waals surface area contributed by atoms with E-state index in [4.69, 9.17) is 9.15 Å². The topological polar surface area (TPSA) is 67.8 Å². The van der Waals surface area contributed by atoms with Crippen molar-refractivity contribution in [2.24, 2.45) is 0 Å². The van der Waals surface area contributed by atoms with Gasteiger partial charge in [0, 0.05) is 23.6 Å². The highest BCUT2D eigenvalue weighted by Gasteiger charge is 2.30. The van der Waals surface area contributed by atoms with Crippen LogP contribution in [-0.4, -0.2) is 22.3 Å². The largest absolute Gasteiger partial charge is 0.487 e. The second-order valence-electron chi connectivity index (χ2n) is 9.42. The molecule has 0 saturated heterocycles. The molecule has 2 heterocycles. The number of aromatic nitrogens is 1. The van der Waals surface area contributed by atoms with Crippen LogP contribution in [0, 0.1) is 0 Å². The third-order valence-corrected chi connectivity index (χ3v) is 7.07. The van der Waals surface area contributed by atoms with Crippen LogP contribution in [0.15, 0.2) is 113 Å². The fourth-order valence-corrected chi connectivity index (χ4v) is 5.30.